The molecule has 0 aromatic heterocycles. The smallest absolute Gasteiger partial charge is 0.239 e. The van der Waals surface area contributed by atoms with Crippen LogP contribution in [0.5, 0.6) is 0 Å². The monoisotopic (exact) mass is 298 g/mol. The zero-order valence-corrected chi connectivity index (χ0v) is 12.8. The van der Waals surface area contributed by atoms with E-state index in [4.69, 9.17) is 20.5 Å². The molecule has 2 N–H and O–H groups in total. The molecule has 7 heteroatoms. The number of carbonyl (C=O) groups excluding carboxylic acids is 1. The molecule has 1 aliphatic rings. The van der Waals surface area contributed by atoms with Gasteiger partial charge in [0.25, 0.3) is 0 Å². The van der Waals surface area contributed by atoms with E-state index in [0.29, 0.717) is 32.5 Å². The van der Waals surface area contributed by atoms with E-state index in [0.717, 1.165) is 32.8 Å². The van der Waals surface area contributed by atoms with Crippen LogP contribution in [0, 0.1) is 11.3 Å². The highest BCUT2D eigenvalue weighted by Gasteiger charge is 2.21. The highest BCUT2D eigenvalue weighted by Crippen LogP contribution is 2.02. The number of nitrogens with zero attached hydrogens (tertiary/aromatic N) is 3. The predicted molar refractivity (Wildman–Crippen MR) is 78.5 cm³/mol. The van der Waals surface area contributed by atoms with Crippen molar-refractivity contribution in [2.75, 3.05) is 59.7 Å². The van der Waals surface area contributed by atoms with Crippen LogP contribution < -0.4 is 5.73 Å². The standard InChI is InChI=1S/C14H26N4O3/c1-20-10-3-13(16)14(19)18(5-2-4-15)7-6-17-8-11-21-12-9-17/h13H,2-3,5-12,16H2,1H3. The zero-order chi connectivity index (χ0) is 15.5. The number of morpholine rings is 1. The second kappa shape index (κ2) is 10.5. The molecule has 1 rings (SSSR count). The van der Waals surface area contributed by atoms with E-state index in [-0.39, 0.29) is 5.91 Å². The Labute approximate surface area is 126 Å². The summed E-state index contributed by atoms with van der Waals surface area (Å²) < 4.78 is 10.3. The fourth-order valence-electron chi connectivity index (χ4n) is 2.21. The molecule has 1 unspecified atom stereocenters. The van der Waals surface area contributed by atoms with Gasteiger partial charge in [0.05, 0.1) is 31.7 Å². The molecule has 1 fully saturated rings. The Morgan fingerprint density at radius 2 is 2.19 bits per heavy atom. The first-order valence-corrected chi connectivity index (χ1v) is 7.39. The fourth-order valence-corrected chi connectivity index (χ4v) is 2.21. The highest BCUT2D eigenvalue weighted by atomic mass is 16.5. The van der Waals surface area contributed by atoms with Crippen molar-refractivity contribution >= 4 is 5.91 Å². The molecule has 1 aliphatic heterocycles. The van der Waals surface area contributed by atoms with Crippen molar-refractivity contribution in [2.24, 2.45) is 5.73 Å². The Balaban J connectivity index is 2.45. The Bertz CT molecular complexity index is 340. The summed E-state index contributed by atoms with van der Waals surface area (Å²) in [7, 11) is 1.59. The van der Waals surface area contributed by atoms with Crippen molar-refractivity contribution in [3.8, 4) is 6.07 Å². The van der Waals surface area contributed by atoms with Crippen LogP contribution in [0.4, 0.5) is 0 Å². The highest BCUT2D eigenvalue weighted by molar-refractivity contribution is 5.81. The van der Waals surface area contributed by atoms with Gasteiger partial charge in [-0.2, -0.15) is 5.26 Å². The molecule has 0 radical (unpaired) electrons. The van der Waals surface area contributed by atoms with E-state index in [9.17, 15) is 4.79 Å². The Hall–Kier alpha value is -1.20. The van der Waals surface area contributed by atoms with Gasteiger partial charge in [0.1, 0.15) is 0 Å². The van der Waals surface area contributed by atoms with Crippen LogP contribution in [0.15, 0.2) is 0 Å². The molecule has 1 saturated heterocycles. The minimum Gasteiger partial charge on any atom is -0.385 e. The Morgan fingerprint density at radius 1 is 1.48 bits per heavy atom. The van der Waals surface area contributed by atoms with Crippen molar-refractivity contribution in [1.82, 2.24) is 9.80 Å². The number of rotatable bonds is 9. The first kappa shape index (κ1) is 17.9. The molecule has 7 nitrogen and oxygen atoms in total. The molecule has 120 valence electrons. The summed E-state index contributed by atoms with van der Waals surface area (Å²) in [5.74, 6) is -0.101. The quantitative estimate of drug-likeness (QED) is 0.612. The van der Waals surface area contributed by atoms with Gasteiger partial charge in [-0.05, 0) is 6.42 Å². The largest absolute Gasteiger partial charge is 0.385 e. The third-order valence-electron chi connectivity index (χ3n) is 3.55. The van der Waals surface area contributed by atoms with Gasteiger partial charge in [-0.15, -0.1) is 0 Å². The average molecular weight is 298 g/mol. The van der Waals surface area contributed by atoms with Crippen LogP contribution in [-0.4, -0.2) is 81.4 Å². The van der Waals surface area contributed by atoms with Crippen LogP contribution in [0.2, 0.25) is 0 Å². The molecule has 0 spiro atoms. The van der Waals surface area contributed by atoms with Gasteiger partial charge in [-0.1, -0.05) is 0 Å². The lowest BCUT2D eigenvalue weighted by atomic mass is 10.2. The molecule has 0 aromatic rings. The number of hydrogen-bond donors (Lipinski definition) is 1. The third-order valence-corrected chi connectivity index (χ3v) is 3.55. The molecule has 21 heavy (non-hydrogen) atoms. The lowest BCUT2D eigenvalue weighted by Crippen LogP contribution is -2.48. The van der Waals surface area contributed by atoms with Gasteiger partial charge in [-0.25, -0.2) is 0 Å². The molecular formula is C14H26N4O3. The van der Waals surface area contributed by atoms with E-state index >= 15 is 0 Å². The molecule has 1 heterocycles. The maximum Gasteiger partial charge on any atom is 0.239 e. The number of hydrogen-bond acceptors (Lipinski definition) is 6. The van der Waals surface area contributed by atoms with Gasteiger partial charge in [-0.3, -0.25) is 9.69 Å². The van der Waals surface area contributed by atoms with Crippen molar-refractivity contribution in [3.63, 3.8) is 0 Å². The number of carbonyl (C=O) groups is 1. The predicted octanol–water partition coefficient (Wildman–Crippen LogP) is -0.575. The molecule has 0 aromatic carbocycles. The second-order valence-electron chi connectivity index (χ2n) is 5.08. The topological polar surface area (TPSA) is 91.8 Å². The summed E-state index contributed by atoms with van der Waals surface area (Å²) in [5.41, 5.74) is 5.90. The lowest BCUT2D eigenvalue weighted by molar-refractivity contribution is -0.133. The third kappa shape index (κ3) is 6.87. The minimum atomic E-state index is -0.562. The van der Waals surface area contributed by atoms with Gasteiger partial charge >= 0.3 is 0 Å². The molecule has 1 amide bonds. The maximum absolute atomic E-state index is 12.3. The summed E-state index contributed by atoms with van der Waals surface area (Å²) >= 11 is 0. The van der Waals surface area contributed by atoms with E-state index in [1.807, 2.05) is 0 Å². The summed E-state index contributed by atoms with van der Waals surface area (Å²) in [6.07, 6.45) is 0.821. The average Bonchev–Trinajstić information content (AvgIpc) is 2.53. The van der Waals surface area contributed by atoms with Gasteiger partial charge in [0.15, 0.2) is 0 Å². The Kier molecular flexibility index (Phi) is 8.94. The van der Waals surface area contributed by atoms with Crippen molar-refractivity contribution in [3.05, 3.63) is 0 Å². The van der Waals surface area contributed by atoms with Gasteiger partial charge in [0.2, 0.25) is 5.91 Å². The molecule has 0 bridgehead atoms. The molecular weight excluding hydrogens is 272 g/mol. The number of methoxy groups -OCH3 is 1. The van der Waals surface area contributed by atoms with Crippen LogP contribution in [0.3, 0.4) is 0 Å². The number of nitrogens with two attached hydrogens (primary N) is 1. The maximum atomic E-state index is 12.3. The summed E-state index contributed by atoms with van der Waals surface area (Å²) in [5, 5.41) is 8.73. The van der Waals surface area contributed by atoms with E-state index < -0.39 is 6.04 Å². The van der Waals surface area contributed by atoms with Crippen molar-refractivity contribution in [2.45, 2.75) is 18.9 Å². The summed E-state index contributed by atoms with van der Waals surface area (Å²) in [6.45, 7) is 5.52. The Morgan fingerprint density at radius 3 is 2.81 bits per heavy atom. The number of nitriles is 1. The molecule has 0 saturated carbocycles. The molecule has 1 atom stereocenters. The van der Waals surface area contributed by atoms with Crippen LogP contribution in [-0.2, 0) is 14.3 Å². The van der Waals surface area contributed by atoms with Gasteiger partial charge in [0, 0.05) is 46.4 Å². The van der Waals surface area contributed by atoms with E-state index in [1.54, 1.807) is 12.0 Å². The molecule has 0 aliphatic carbocycles. The summed E-state index contributed by atoms with van der Waals surface area (Å²) in [4.78, 5) is 16.3. The van der Waals surface area contributed by atoms with E-state index in [1.165, 1.54) is 0 Å². The first-order valence-electron chi connectivity index (χ1n) is 7.39. The number of amides is 1. The van der Waals surface area contributed by atoms with Gasteiger partial charge < -0.3 is 20.1 Å². The lowest BCUT2D eigenvalue weighted by Gasteiger charge is -2.31. The van der Waals surface area contributed by atoms with Crippen molar-refractivity contribution < 1.29 is 14.3 Å². The van der Waals surface area contributed by atoms with E-state index in [2.05, 4.69) is 11.0 Å². The van der Waals surface area contributed by atoms with Crippen LogP contribution >= 0.6 is 0 Å². The normalized spacial score (nSPS) is 17.2. The number of ether oxygens (including phenoxy) is 2. The first-order chi connectivity index (χ1) is 10.2. The second-order valence-corrected chi connectivity index (χ2v) is 5.08. The zero-order valence-electron chi connectivity index (χ0n) is 12.8. The minimum absolute atomic E-state index is 0.101. The van der Waals surface area contributed by atoms with Crippen molar-refractivity contribution in [1.29, 1.82) is 5.26 Å². The summed E-state index contributed by atoms with van der Waals surface area (Å²) in [6, 6.07) is 1.52. The SMILES string of the molecule is COCCC(N)C(=O)N(CCC#N)CCN1CCOCC1. The van der Waals surface area contributed by atoms with Crippen LogP contribution in [0.25, 0.3) is 0 Å². The van der Waals surface area contributed by atoms with Crippen LogP contribution in [0.1, 0.15) is 12.8 Å². The fraction of sp³-hybridized carbons (Fsp3) is 0.857.